The molecule has 0 aromatic carbocycles. The Kier molecular flexibility index (Phi) is 5.57. The first-order valence-electron chi connectivity index (χ1n) is 7.69. The number of fused-ring (bicyclic) bond motifs is 1. The number of methoxy groups -OCH3 is 1. The van der Waals surface area contributed by atoms with Gasteiger partial charge in [0, 0.05) is 37.0 Å². The van der Waals surface area contributed by atoms with Crippen molar-refractivity contribution in [1.82, 2.24) is 14.7 Å². The minimum absolute atomic E-state index is 0.747. The van der Waals surface area contributed by atoms with Crippen molar-refractivity contribution >= 4 is 28.1 Å². The summed E-state index contributed by atoms with van der Waals surface area (Å²) in [6.07, 6.45) is 8.97. The minimum atomic E-state index is 0.747. The highest BCUT2D eigenvalue weighted by Gasteiger charge is 2.20. The fourth-order valence-corrected chi connectivity index (χ4v) is 4.91. The quantitative estimate of drug-likeness (QED) is 0.790. The molecule has 0 radical (unpaired) electrons. The second kappa shape index (κ2) is 7.63. The van der Waals surface area contributed by atoms with Gasteiger partial charge in [0.05, 0.1) is 12.3 Å². The molecule has 0 atom stereocenters. The SMILES string of the molecule is COCCNCc1c(SC2CCCCC2)nc2sccn12. The van der Waals surface area contributed by atoms with Gasteiger partial charge in [-0.2, -0.15) is 0 Å². The Hall–Kier alpha value is -0.560. The normalized spacial score (nSPS) is 16.8. The fourth-order valence-electron chi connectivity index (χ4n) is 2.79. The lowest BCUT2D eigenvalue weighted by Gasteiger charge is -2.20. The zero-order chi connectivity index (χ0) is 14.5. The number of rotatable bonds is 7. The number of imidazole rings is 1. The summed E-state index contributed by atoms with van der Waals surface area (Å²) in [5, 5.41) is 7.53. The first-order valence-corrected chi connectivity index (χ1v) is 9.45. The van der Waals surface area contributed by atoms with Crippen LogP contribution < -0.4 is 5.32 Å². The van der Waals surface area contributed by atoms with E-state index >= 15 is 0 Å². The summed E-state index contributed by atoms with van der Waals surface area (Å²) in [6, 6.07) is 0. The van der Waals surface area contributed by atoms with Crippen LogP contribution in [0.25, 0.3) is 4.96 Å². The van der Waals surface area contributed by atoms with Gasteiger partial charge in [-0.15, -0.1) is 23.1 Å². The Labute approximate surface area is 134 Å². The molecular weight excluding hydrogens is 302 g/mol. The van der Waals surface area contributed by atoms with E-state index < -0.39 is 0 Å². The molecule has 2 aromatic heterocycles. The third-order valence-corrected chi connectivity index (χ3v) is 6.04. The van der Waals surface area contributed by atoms with E-state index in [1.165, 1.54) is 42.8 Å². The average Bonchev–Trinajstić information content (AvgIpc) is 3.07. The third-order valence-electron chi connectivity index (χ3n) is 3.93. The predicted molar refractivity (Wildman–Crippen MR) is 89.4 cm³/mol. The highest BCUT2D eigenvalue weighted by atomic mass is 32.2. The first-order chi connectivity index (χ1) is 10.4. The summed E-state index contributed by atoms with van der Waals surface area (Å²) in [7, 11) is 1.74. The second-order valence-electron chi connectivity index (χ2n) is 5.47. The van der Waals surface area contributed by atoms with Crippen molar-refractivity contribution in [3.05, 3.63) is 17.3 Å². The van der Waals surface area contributed by atoms with Crippen molar-refractivity contribution < 1.29 is 4.74 Å². The van der Waals surface area contributed by atoms with E-state index in [1.807, 2.05) is 11.8 Å². The number of hydrogen-bond donors (Lipinski definition) is 1. The number of aromatic nitrogens is 2. The van der Waals surface area contributed by atoms with Gasteiger partial charge in [0.25, 0.3) is 0 Å². The molecule has 3 rings (SSSR count). The van der Waals surface area contributed by atoms with E-state index in [0.29, 0.717) is 0 Å². The van der Waals surface area contributed by atoms with Crippen molar-refractivity contribution in [1.29, 1.82) is 0 Å². The molecule has 2 aromatic rings. The molecule has 21 heavy (non-hydrogen) atoms. The summed E-state index contributed by atoms with van der Waals surface area (Å²) in [5.41, 5.74) is 1.30. The van der Waals surface area contributed by atoms with Gasteiger partial charge in [-0.1, -0.05) is 19.3 Å². The lowest BCUT2D eigenvalue weighted by molar-refractivity contribution is 0.199. The Morgan fingerprint density at radius 1 is 1.43 bits per heavy atom. The summed E-state index contributed by atoms with van der Waals surface area (Å²) in [6.45, 7) is 2.48. The van der Waals surface area contributed by atoms with Gasteiger partial charge in [0.1, 0.15) is 5.03 Å². The van der Waals surface area contributed by atoms with Crippen molar-refractivity contribution in [3.8, 4) is 0 Å². The van der Waals surface area contributed by atoms with Gasteiger partial charge < -0.3 is 10.1 Å². The number of thioether (sulfide) groups is 1. The fraction of sp³-hybridized carbons (Fsp3) is 0.667. The van der Waals surface area contributed by atoms with Crippen molar-refractivity contribution in [3.63, 3.8) is 0 Å². The largest absolute Gasteiger partial charge is 0.383 e. The maximum absolute atomic E-state index is 5.10. The maximum Gasteiger partial charge on any atom is 0.194 e. The maximum atomic E-state index is 5.10. The molecule has 1 saturated carbocycles. The molecule has 0 saturated heterocycles. The van der Waals surface area contributed by atoms with Crippen molar-refractivity contribution in [2.24, 2.45) is 0 Å². The van der Waals surface area contributed by atoms with Gasteiger partial charge >= 0.3 is 0 Å². The Balaban J connectivity index is 1.71. The van der Waals surface area contributed by atoms with Crippen LogP contribution in [0, 0.1) is 0 Å². The number of hydrogen-bond acceptors (Lipinski definition) is 5. The highest BCUT2D eigenvalue weighted by molar-refractivity contribution is 7.99. The molecule has 116 valence electrons. The zero-order valence-corrected chi connectivity index (χ0v) is 14.1. The molecule has 0 spiro atoms. The van der Waals surface area contributed by atoms with Crippen LogP contribution in [0.3, 0.4) is 0 Å². The van der Waals surface area contributed by atoms with Crippen LogP contribution in [0.1, 0.15) is 37.8 Å². The Morgan fingerprint density at radius 3 is 3.10 bits per heavy atom. The highest BCUT2D eigenvalue weighted by Crippen LogP contribution is 2.35. The first kappa shape index (κ1) is 15.3. The van der Waals surface area contributed by atoms with Gasteiger partial charge in [-0.3, -0.25) is 4.40 Å². The second-order valence-corrected chi connectivity index (χ2v) is 7.63. The minimum Gasteiger partial charge on any atom is -0.383 e. The molecule has 1 aliphatic rings. The van der Waals surface area contributed by atoms with Crippen LogP contribution in [0.2, 0.25) is 0 Å². The summed E-state index contributed by atoms with van der Waals surface area (Å²) in [5.74, 6) is 0. The molecule has 0 amide bonds. The number of thiazole rings is 1. The molecule has 6 heteroatoms. The number of nitrogens with zero attached hydrogens (tertiary/aromatic N) is 2. The standard InChI is InChI=1S/C15H23N3OS2/c1-19-9-7-16-11-13-14(17-15-18(13)8-10-20-15)21-12-5-3-2-4-6-12/h8,10,12,16H,2-7,9,11H2,1H3. The van der Waals surface area contributed by atoms with Crippen LogP contribution in [-0.4, -0.2) is 34.9 Å². The summed E-state index contributed by atoms with van der Waals surface area (Å²) in [4.78, 5) is 5.95. The molecule has 1 aliphatic carbocycles. The molecule has 0 bridgehead atoms. The average molecular weight is 326 g/mol. The smallest absolute Gasteiger partial charge is 0.194 e. The van der Waals surface area contributed by atoms with E-state index in [9.17, 15) is 0 Å². The van der Waals surface area contributed by atoms with Gasteiger partial charge in [0.15, 0.2) is 4.96 Å². The van der Waals surface area contributed by atoms with E-state index in [4.69, 9.17) is 9.72 Å². The van der Waals surface area contributed by atoms with Crippen LogP contribution in [0.4, 0.5) is 0 Å². The lowest BCUT2D eigenvalue weighted by Crippen LogP contribution is -2.20. The van der Waals surface area contributed by atoms with Crippen LogP contribution in [-0.2, 0) is 11.3 Å². The predicted octanol–water partition coefficient (Wildman–Crippen LogP) is 3.56. The Bertz CT molecular complexity index is 560. The van der Waals surface area contributed by atoms with Crippen molar-refractivity contribution in [2.75, 3.05) is 20.3 Å². The van der Waals surface area contributed by atoms with Crippen LogP contribution >= 0.6 is 23.1 Å². The van der Waals surface area contributed by atoms with Crippen LogP contribution in [0.15, 0.2) is 16.6 Å². The molecule has 1 N–H and O–H groups in total. The molecule has 1 fully saturated rings. The monoisotopic (exact) mass is 325 g/mol. The van der Waals surface area contributed by atoms with Gasteiger partial charge in [-0.05, 0) is 12.8 Å². The molecular formula is C15H23N3OS2. The lowest BCUT2D eigenvalue weighted by atomic mass is 10.0. The topological polar surface area (TPSA) is 38.6 Å². The van der Waals surface area contributed by atoms with Crippen LogP contribution in [0.5, 0.6) is 0 Å². The zero-order valence-electron chi connectivity index (χ0n) is 12.5. The number of ether oxygens (including phenoxy) is 1. The van der Waals surface area contributed by atoms with Gasteiger partial charge in [-0.25, -0.2) is 4.98 Å². The van der Waals surface area contributed by atoms with E-state index in [1.54, 1.807) is 18.4 Å². The third kappa shape index (κ3) is 3.80. The molecule has 4 nitrogen and oxygen atoms in total. The van der Waals surface area contributed by atoms with E-state index in [-0.39, 0.29) is 0 Å². The number of nitrogens with one attached hydrogen (secondary N) is 1. The van der Waals surface area contributed by atoms with Crippen molar-refractivity contribution in [2.45, 2.75) is 48.9 Å². The molecule has 0 aliphatic heterocycles. The molecule has 0 unspecified atom stereocenters. The molecule has 2 heterocycles. The van der Waals surface area contributed by atoms with Gasteiger partial charge in [0.2, 0.25) is 0 Å². The Morgan fingerprint density at radius 2 is 2.29 bits per heavy atom. The summed E-state index contributed by atoms with van der Waals surface area (Å²) < 4.78 is 7.33. The van der Waals surface area contributed by atoms with E-state index in [0.717, 1.165) is 29.9 Å². The summed E-state index contributed by atoms with van der Waals surface area (Å²) >= 11 is 3.70. The van der Waals surface area contributed by atoms with E-state index in [2.05, 4.69) is 21.3 Å².